The molecule has 1 aliphatic carbocycles. The number of hydrogen-bond donors (Lipinski definition) is 1. The Kier molecular flexibility index (Phi) is 9.31. The summed E-state index contributed by atoms with van der Waals surface area (Å²) in [5, 5.41) is 2.95. The van der Waals surface area contributed by atoms with Crippen LogP contribution in [-0.4, -0.2) is 56.5 Å². The third-order valence-corrected chi connectivity index (χ3v) is 6.91. The predicted octanol–water partition coefficient (Wildman–Crippen LogP) is 5.26. The van der Waals surface area contributed by atoms with E-state index in [-0.39, 0.29) is 18.2 Å². The molecule has 1 rings (SSSR count). The number of ether oxygens (including phenoxy) is 2. The van der Waals surface area contributed by atoms with E-state index in [1.54, 1.807) is 11.9 Å². The Bertz CT molecular complexity index is 508. The molecule has 164 valence electrons. The van der Waals surface area contributed by atoms with Crippen molar-refractivity contribution in [3.05, 3.63) is 0 Å². The zero-order chi connectivity index (χ0) is 21.5. The van der Waals surface area contributed by atoms with E-state index in [4.69, 9.17) is 9.47 Å². The maximum atomic E-state index is 12.7. The molecule has 0 aliphatic heterocycles. The van der Waals surface area contributed by atoms with Gasteiger partial charge in [-0.1, -0.05) is 38.9 Å². The second-order valence-corrected chi connectivity index (χ2v) is 16.0. The summed E-state index contributed by atoms with van der Waals surface area (Å²) in [5.41, 5.74) is -0.550. The molecule has 0 spiro atoms. The highest BCUT2D eigenvalue weighted by atomic mass is 28.3. The molecular weight excluding hydrogens is 372 g/mol. The van der Waals surface area contributed by atoms with Gasteiger partial charge in [0.15, 0.2) is 0 Å². The lowest BCUT2D eigenvalue weighted by Crippen LogP contribution is -2.55. The van der Waals surface area contributed by atoms with E-state index in [0.717, 1.165) is 18.9 Å². The first-order valence-corrected chi connectivity index (χ1v) is 14.4. The van der Waals surface area contributed by atoms with E-state index in [2.05, 4.69) is 25.0 Å². The van der Waals surface area contributed by atoms with Crippen molar-refractivity contribution in [1.82, 2.24) is 10.2 Å². The lowest BCUT2D eigenvalue weighted by atomic mass is 9.81. The van der Waals surface area contributed by atoms with Crippen molar-refractivity contribution in [2.24, 2.45) is 5.92 Å². The van der Waals surface area contributed by atoms with Crippen molar-refractivity contribution >= 4 is 20.3 Å². The lowest BCUT2D eigenvalue weighted by Gasteiger charge is -2.40. The molecule has 0 bridgehead atoms. The Morgan fingerprint density at radius 1 is 1.14 bits per heavy atom. The quantitative estimate of drug-likeness (QED) is 0.577. The average molecular weight is 415 g/mol. The standard InChI is InChI=1S/C21H42N2O4Si/c1-16(22-19(24)27-21(2,3)4)18(17-12-10-9-11-13-17)23(5)20(25)26-14-15-28(6,7)8/h16-18H,9-15H2,1-8H3,(H,22,24). The van der Waals surface area contributed by atoms with Gasteiger partial charge in [-0.2, -0.15) is 0 Å². The van der Waals surface area contributed by atoms with Gasteiger partial charge in [0.05, 0.1) is 18.7 Å². The topological polar surface area (TPSA) is 67.9 Å². The fourth-order valence-corrected chi connectivity index (χ4v) is 4.50. The summed E-state index contributed by atoms with van der Waals surface area (Å²) < 4.78 is 11.0. The van der Waals surface area contributed by atoms with E-state index in [1.165, 1.54) is 19.3 Å². The van der Waals surface area contributed by atoms with Gasteiger partial charge in [-0.3, -0.25) is 0 Å². The number of amides is 2. The molecule has 2 amide bonds. The zero-order valence-corrected chi connectivity index (χ0v) is 20.3. The van der Waals surface area contributed by atoms with Crippen LogP contribution in [0.4, 0.5) is 9.59 Å². The molecule has 2 atom stereocenters. The van der Waals surface area contributed by atoms with Crippen molar-refractivity contribution in [1.29, 1.82) is 0 Å². The van der Waals surface area contributed by atoms with Gasteiger partial charge in [0, 0.05) is 15.1 Å². The van der Waals surface area contributed by atoms with Crippen LogP contribution in [0, 0.1) is 5.92 Å². The van der Waals surface area contributed by atoms with Gasteiger partial charge in [-0.15, -0.1) is 0 Å². The Labute approximate surface area is 172 Å². The van der Waals surface area contributed by atoms with Crippen LogP contribution in [0.1, 0.15) is 59.8 Å². The van der Waals surface area contributed by atoms with Gasteiger partial charge < -0.3 is 19.7 Å². The molecule has 0 saturated heterocycles. The van der Waals surface area contributed by atoms with Crippen LogP contribution in [0.25, 0.3) is 0 Å². The molecule has 1 fully saturated rings. The first-order valence-electron chi connectivity index (χ1n) is 10.7. The molecular formula is C21H42N2O4Si. The smallest absolute Gasteiger partial charge is 0.409 e. The summed E-state index contributed by atoms with van der Waals surface area (Å²) in [6.45, 7) is 14.7. The highest BCUT2D eigenvalue weighted by Gasteiger charge is 2.35. The van der Waals surface area contributed by atoms with Gasteiger partial charge in [0.1, 0.15) is 5.60 Å². The average Bonchev–Trinajstić information content (AvgIpc) is 2.52. The first kappa shape index (κ1) is 24.8. The highest BCUT2D eigenvalue weighted by molar-refractivity contribution is 6.76. The summed E-state index contributed by atoms with van der Waals surface area (Å²) in [7, 11) is 0.541. The van der Waals surface area contributed by atoms with Crippen LogP contribution in [0.15, 0.2) is 0 Å². The second kappa shape index (κ2) is 10.5. The minimum Gasteiger partial charge on any atom is -0.450 e. The molecule has 2 unspecified atom stereocenters. The molecule has 7 heteroatoms. The molecule has 1 saturated carbocycles. The molecule has 1 aliphatic rings. The Hall–Kier alpha value is -1.24. The molecule has 6 nitrogen and oxygen atoms in total. The summed E-state index contributed by atoms with van der Waals surface area (Å²) >= 11 is 0. The van der Waals surface area contributed by atoms with Crippen molar-refractivity contribution in [2.75, 3.05) is 13.7 Å². The van der Waals surface area contributed by atoms with Crippen LogP contribution < -0.4 is 5.32 Å². The monoisotopic (exact) mass is 414 g/mol. The lowest BCUT2D eigenvalue weighted by molar-refractivity contribution is 0.0399. The normalized spacial score (nSPS) is 18.1. The van der Waals surface area contributed by atoms with Gasteiger partial charge in [-0.25, -0.2) is 9.59 Å². The van der Waals surface area contributed by atoms with Crippen LogP contribution >= 0.6 is 0 Å². The van der Waals surface area contributed by atoms with E-state index in [0.29, 0.717) is 12.5 Å². The van der Waals surface area contributed by atoms with Gasteiger partial charge in [-0.05, 0) is 52.5 Å². The van der Waals surface area contributed by atoms with E-state index in [9.17, 15) is 9.59 Å². The minimum absolute atomic E-state index is 0.104. The molecule has 28 heavy (non-hydrogen) atoms. The number of hydrogen-bond acceptors (Lipinski definition) is 4. The zero-order valence-electron chi connectivity index (χ0n) is 19.3. The SMILES string of the molecule is CC(NC(=O)OC(C)(C)C)C(C1CCCCC1)N(C)C(=O)OCC[Si](C)(C)C. The number of alkyl carbamates (subject to hydrolysis) is 1. The van der Waals surface area contributed by atoms with Crippen LogP contribution in [-0.2, 0) is 9.47 Å². The third-order valence-electron chi connectivity index (χ3n) is 5.20. The first-order chi connectivity index (χ1) is 12.8. The maximum absolute atomic E-state index is 12.7. The number of nitrogens with zero attached hydrogens (tertiary/aromatic N) is 1. The van der Waals surface area contributed by atoms with Crippen molar-refractivity contribution in [2.45, 2.75) is 103 Å². The Balaban J connectivity index is 2.80. The van der Waals surface area contributed by atoms with E-state index in [1.807, 2.05) is 27.7 Å². The molecule has 0 aromatic heterocycles. The number of likely N-dealkylation sites (N-methyl/N-ethyl adjacent to an activating group) is 1. The predicted molar refractivity (Wildman–Crippen MR) is 116 cm³/mol. The van der Waals surface area contributed by atoms with Crippen LogP contribution in [0.3, 0.4) is 0 Å². The summed E-state index contributed by atoms with van der Waals surface area (Å²) in [6.07, 6.45) is 4.96. The fraction of sp³-hybridized carbons (Fsp3) is 0.905. The third kappa shape index (κ3) is 9.30. The van der Waals surface area contributed by atoms with Crippen molar-refractivity contribution < 1.29 is 19.1 Å². The van der Waals surface area contributed by atoms with Gasteiger partial charge >= 0.3 is 12.2 Å². The fourth-order valence-electron chi connectivity index (χ4n) is 3.78. The Morgan fingerprint density at radius 3 is 2.21 bits per heavy atom. The molecule has 0 radical (unpaired) electrons. The number of carbonyl (C=O) groups is 2. The summed E-state index contributed by atoms with van der Waals surface area (Å²) in [6, 6.07) is 0.631. The van der Waals surface area contributed by atoms with Gasteiger partial charge in [0.25, 0.3) is 0 Å². The number of rotatable bonds is 7. The summed E-state index contributed by atoms with van der Waals surface area (Å²) in [4.78, 5) is 26.7. The second-order valence-electron chi connectivity index (χ2n) is 10.4. The Morgan fingerprint density at radius 2 is 1.71 bits per heavy atom. The molecule has 0 heterocycles. The van der Waals surface area contributed by atoms with Crippen molar-refractivity contribution in [3.63, 3.8) is 0 Å². The highest BCUT2D eigenvalue weighted by Crippen LogP contribution is 2.30. The maximum Gasteiger partial charge on any atom is 0.409 e. The minimum atomic E-state index is -1.25. The number of carbonyl (C=O) groups excluding carboxylic acids is 2. The van der Waals surface area contributed by atoms with E-state index >= 15 is 0 Å². The molecule has 0 aromatic rings. The van der Waals surface area contributed by atoms with Crippen LogP contribution in [0.2, 0.25) is 25.7 Å². The number of nitrogens with one attached hydrogen (secondary N) is 1. The largest absolute Gasteiger partial charge is 0.450 e. The summed E-state index contributed by atoms with van der Waals surface area (Å²) in [5.74, 6) is 0.355. The molecule has 0 aromatic carbocycles. The van der Waals surface area contributed by atoms with E-state index < -0.39 is 19.8 Å². The molecule has 1 N–H and O–H groups in total. The van der Waals surface area contributed by atoms with Crippen LogP contribution in [0.5, 0.6) is 0 Å². The van der Waals surface area contributed by atoms with Crippen molar-refractivity contribution in [3.8, 4) is 0 Å². The van der Waals surface area contributed by atoms with Gasteiger partial charge in [0.2, 0.25) is 0 Å².